The standard InChI is InChI=1S/C19H20O4/c1-3-16-10-15(11-17(20)19(21)22)9-13(2)18(16)23-12-14-7-5-4-6-8-14/h4-10H,3,11-12H2,1-2H3,(H,21,22). The molecule has 0 bridgehead atoms. The number of hydrogen-bond acceptors (Lipinski definition) is 3. The summed E-state index contributed by atoms with van der Waals surface area (Å²) in [5.74, 6) is -1.39. The first kappa shape index (κ1) is 16.7. The Labute approximate surface area is 135 Å². The van der Waals surface area contributed by atoms with Gasteiger partial charge in [-0.1, -0.05) is 49.4 Å². The Morgan fingerprint density at radius 1 is 1.09 bits per heavy atom. The highest BCUT2D eigenvalue weighted by molar-refractivity contribution is 6.33. The van der Waals surface area contributed by atoms with Crippen molar-refractivity contribution >= 4 is 11.8 Å². The van der Waals surface area contributed by atoms with Crippen LogP contribution < -0.4 is 4.74 Å². The van der Waals surface area contributed by atoms with Crippen LogP contribution in [0.15, 0.2) is 42.5 Å². The van der Waals surface area contributed by atoms with Gasteiger partial charge < -0.3 is 9.84 Å². The number of ether oxygens (including phenoxy) is 1. The first-order chi connectivity index (χ1) is 11.0. The summed E-state index contributed by atoms with van der Waals surface area (Å²) in [6, 6.07) is 13.6. The number of aliphatic carboxylic acids is 1. The molecule has 2 aromatic rings. The summed E-state index contributed by atoms with van der Waals surface area (Å²) in [5.41, 5.74) is 3.68. The normalized spacial score (nSPS) is 10.3. The molecule has 120 valence electrons. The van der Waals surface area contributed by atoms with Crippen LogP contribution in [0.4, 0.5) is 0 Å². The van der Waals surface area contributed by atoms with E-state index in [2.05, 4.69) is 0 Å². The third-order valence-electron chi connectivity index (χ3n) is 3.62. The van der Waals surface area contributed by atoms with E-state index in [1.807, 2.05) is 56.3 Å². The highest BCUT2D eigenvalue weighted by Gasteiger charge is 2.15. The Morgan fingerprint density at radius 2 is 1.78 bits per heavy atom. The molecule has 0 aliphatic rings. The molecule has 0 fully saturated rings. The maximum absolute atomic E-state index is 11.4. The molecule has 2 rings (SSSR count). The van der Waals surface area contributed by atoms with E-state index in [-0.39, 0.29) is 6.42 Å². The fraction of sp³-hybridized carbons (Fsp3) is 0.263. The summed E-state index contributed by atoms with van der Waals surface area (Å²) < 4.78 is 5.95. The van der Waals surface area contributed by atoms with E-state index in [1.54, 1.807) is 0 Å². The number of Topliss-reactive ketones (excluding diaryl/α,β-unsaturated/α-hetero) is 1. The van der Waals surface area contributed by atoms with Gasteiger partial charge in [-0.25, -0.2) is 4.79 Å². The highest BCUT2D eigenvalue weighted by Crippen LogP contribution is 2.27. The minimum atomic E-state index is -1.40. The van der Waals surface area contributed by atoms with Gasteiger partial charge in [0, 0.05) is 6.42 Å². The second kappa shape index (κ2) is 7.58. The van der Waals surface area contributed by atoms with Crippen molar-refractivity contribution < 1.29 is 19.4 Å². The SMILES string of the molecule is CCc1cc(CC(=O)C(=O)O)cc(C)c1OCc1ccccc1. The number of carbonyl (C=O) groups excluding carboxylic acids is 1. The molecule has 0 radical (unpaired) electrons. The van der Waals surface area contributed by atoms with Gasteiger partial charge in [0.2, 0.25) is 5.78 Å². The van der Waals surface area contributed by atoms with E-state index in [0.29, 0.717) is 12.2 Å². The van der Waals surface area contributed by atoms with Crippen LogP contribution in [0.5, 0.6) is 5.75 Å². The molecular weight excluding hydrogens is 292 g/mol. The van der Waals surface area contributed by atoms with Crippen LogP contribution >= 0.6 is 0 Å². The topological polar surface area (TPSA) is 63.6 Å². The summed E-state index contributed by atoms with van der Waals surface area (Å²) in [6.45, 7) is 4.39. The molecule has 0 spiro atoms. The zero-order valence-electron chi connectivity index (χ0n) is 13.3. The van der Waals surface area contributed by atoms with Gasteiger partial charge in [0.15, 0.2) is 0 Å². The van der Waals surface area contributed by atoms with Gasteiger partial charge in [0.05, 0.1) is 0 Å². The molecule has 0 aliphatic heterocycles. The summed E-state index contributed by atoms with van der Waals surface area (Å²) in [6.07, 6.45) is 0.655. The lowest BCUT2D eigenvalue weighted by atomic mass is 9.99. The maximum Gasteiger partial charge on any atom is 0.372 e. The van der Waals surface area contributed by atoms with Crippen molar-refractivity contribution in [3.63, 3.8) is 0 Å². The second-order valence-electron chi connectivity index (χ2n) is 5.43. The molecule has 0 amide bonds. The second-order valence-corrected chi connectivity index (χ2v) is 5.43. The highest BCUT2D eigenvalue weighted by atomic mass is 16.5. The van der Waals surface area contributed by atoms with Crippen molar-refractivity contribution in [2.75, 3.05) is 0 Å². The largest absolute Gasteiger partial charge is 0.488 e. The molecule has 0 aromatic heterocycles. The Kier molecular flexibility index (Phi) is 5.52. The first-order valence-electron chi connectivity index (χ1n) is 7.56. The molecule has 0 atom stereocenters. The summed E-state index contributed by atoms with van der Waals surface area (Å²) in [7, 11) is 0. The lowest BCUT2D eigenvalue weighted by Crippen LogP contribution is -2.15. The van der Waals surface area contributed by atoms with Crippen molar-refractivity contribution in [1.82, 2.24) is 0 Å². The summed E-state index contributed by atoms with van der Waals surface area (Å²) in [4.78, 5) is 22.1. The molecule has 4 heteroatoms. The fourth-order valence-corrected chi connectivity index (χ4v) is 2.49. The van der Waals surface area contributed by atoms with E-state index in [4.69, 9.17) is 9.84 Å². The van der Waals surface area contributed by atoms with Gasteiger partial charge in [-0.05, 0) is 35.6 Å². The minimum absolute atomic E-state index is 0.0951. The number of aryl methyl sites for hydroxylation is 2. The van der Waals surface area contributed by atoms with Crippen LogP contribution in [0, 0.1) is 6.92 Å². The quantitative estimate of drug-likeness (QED) is 0.797. The number of carboxylic acids is 1. The van der Waals surface area contributed by atoms with Crippen LogP contribution in [0.3, 0.4) is 0 Å². The Hall–Kier alpha value is -2.62. The Morgan fingerprint density at radius 3 is 2.39 bits per heavy atom. The molecule has 0 heterocycles. The molecule has 23 heavy (non-hydrogen) atoms. The molecule has 0 unspecified atom stereocenters. The maximum atomic E-state index is 11.4. The predicted molar refractivity (Wildman–Crippen MR) is 87.7 cm³/mol. The number of carbonyl (C=O) groups is 2. The lowest BCUT2D eigenvalue weighted by molar-refractivity contribution is -0.148. The molecular formula is C19H20O4. The van der Waals surface area contributed by atoms with Crippen molar-refractivity contribution in [2.24, 2.45) is 0 Å². The van der Waals surface area contributed by atoms with Gasteiger partial charge >= 0.3 is 5.97 Å². The Bertz CT molecular complexity index is 705. The van der Waals surface area contributed by atoms with Crippen LogP contribution in [-0.2, 0) is 29.0 Å². The predicted octanol–water partition coefficient (Wildman–Crippen LogP) is 3.33. The van der Waals surface area contributed by atoms with Crippen molar-refractivity contribution in [3.8, 4) is 5.75 Å². The van der Waals surface area contributed by atoms with E-state index in [9.17, 15) is 9.59 Å². The van der Waals surface area contributed by atoms with E-state index in [1.165, 1.54) is 0 Å². The van der Waals surface area contributed by atoms with Crippen LogP contribution in [-0.4, -0.2) is 16.9 Å². The molecule has 4 nitrogen and oxygen atoms in total. The first-order valence-corrected chi connectivity index (χ1v) is 7.56. The Balaban J connectivity index is 2.19. The third-order valence-corrected chi connectivity index (χ3v) is 3.62. The van der Waals surface area contributed by atoms with E-state index in [0.717, 1.165) is 28.9 Å². The number of carboxylic acid groups (broad SMARTS) is 1. The van der Waals surface area contributed by atoms with Crippen molar-refractivity contribution in [3.05, 3.63) is 64.7 Å². The van der Waals surface area contributed by atoms with Crippen molar-refractivity contribution in [2.45, 2.75) is 33.3 Å². The van der Waals surface area contributed by atoms with Gasteiger partial charge in [-0.3, -0.25) is 4.79 Å². The summed E-state index contributed by atoms with van der Waals surface area (Å²) >= 11 is 0. The van der Waals surface area contributed by atoms with Gasteiger partial charge in [0.25, 0.3) is 0 Å². The van der Waals surface area contributed by atoms with Gasteiger partial charge in [-0.2, -0.15) is 0 Å². The summed E-state index contributed by atoms with van der Waals surface area (Å²) in [5, 5.41) is 8.73. The number of ketones is 1. The monoisotopic (exact) mass is 312 g/mol. The van der Waals surface area contributed by atoms with E-state index >= 15 is 0 Å². The molecule has 0 saturated carbocycles. The van der Waals surface area contributed by atoms with Crippen LogP contribution in [0.1, 0.15) is 29.2 Å². The average Bonchev–Trinajstić information content (AvgIpc) is 2.54. The van der Waals surface area contributed by atoms with Crippen LogP contribution in [0.25, 0.3) is 0 Å². The van der Waals surface area contributed by atoms with E-state index < -0.39 is 11.8 Å². The van der Waals surface area contributed by atoms with Gasteiger partial charge in [-0.15, -0.1) is 0 Å². The number of rotatable bonds is 7. The third kappa shape index (κ3) is 4.42. The average molecular weight is 312 g/mol. The molecule has 0 aliphatic carbocycles. The number of benzene rings is 2. The minimum Gasteiger partial charge on any atom is -0.488 e. The fourth-order valence-electron chi connectivity index (χ4n) is 2.49. The zero-order chi connectivity index (χ0) is 16.8. The van der Waals surface area contributed by atoms with Crippen molar-refractivity contribution in [1.29, 1.82) is 0 Å². The number of hydrogen-bond donors (Lipinski definition) is 1. The zero-order valence-corrected chi connectivity index (χ0v) is 13.3. The molecule has 2 aromatic carbocycles. The molecule has 1 N–H and O–H groups in total. The molecule has 0 saturated heterocycles. The lowest BCUT2D eigenvalue weighted by Gasteiger charge is -2.15. The smallest absolute Gasteiger partial charge is 0.372 e. The van der Waals surface area contributed by atoms with Crippen LogP contribution in [0.2, 0.25) is 0 Å². The van der Waals surface area contributed by atoms with Gasteiger partial charge in [0.1, 0.15) is 12.4 Å².